The molecule has 1 saturated carbocycles. The molecule has 0 aromatic rings. The first-order valence-electron chi connectivity index (χ1n) is 16.8. The van der Waals surface area contributed by atoms with Crippen LogP contribution in [-0.2, 0) is 28.4 Å². The van der Waals surface area contributed by atoms with Gasteiger partial charge in [-0.2, -0.15) is 0 Å². The third-order valence-electron chi connectivity index (χ3n) is 9.63. The fourth-order valence-electron chi connectivity index (χ4n) is 6.82. The Morgan fingerprint density at radius 2 is 1.40 bits per heavy atom. The van der Waals surface area contributed by atoms with Crippen molar-refractivity contribution in [3.8, 4) is 0 Å². The lowest BCUT2D eigenvalue weighted by Gasteiger charge is -2.46. The van der Waals surface area contributed by atoms with Crippen molar-refractivity contribution in [3.63, 3.8) is 0 Å². The minimum absolute atomic E-state index is 0.0703. The number of hydrogen-bond donors (Lipinski definition) is 12. The summed E-state index contributed by atoms with van der Waals surface area (Å²) >= 11 is 0. The molecule has 18 nitrogen and oxygen atoms in total. The lowest BCUT2D eigenvalue weighted by Crippen LogP contribution is -2.64. The van der Waals surface area contributed by atoms with Gasteiger partial charge >= 0.3 is 0 Å². The predicted octanol–water partition coefficient (Wildman–Crippen LogP) is -5.80. The zero-order chi connectivity index (χ0) is 34.2. The molecular weight excluding hydrogens is 624 g/mol. The van der Waals surface area contributed by atoms with Crippen molar-refractivity contribution in [1.82, 2.24) is 5.32 Å². The summed E-state index contributed by atoms with van der Waals surface area (Å²) in [5, 5.41) is 66.3. The first-order chi connectivity index (χ1) is 22.5. The van der Waals surface area contributed by atoms with Gasteiger partial charge in [-0.05, 0) is 57.5 Å². The highest BCUT2D eigenvalue weighted by atomic mass is 16.8. The first kappa shape index (κ1) is 39.1. The lowest BCUT2D eigenvalue weighted by molar-refractivity contribution is -0.292. The van der Waals surface area contributed by atoms with E-state index in [0.29, 0.717) is 38.8 Å². The average molecular weight is 683 g/mol. The molecule has 276 valence electrons. The normalized spacial score (nSPS) is 46.1. The molecule has 0 amide bonds. The van der Waals surface area contributed by atoms with Gasteiger partial charge < -0.3 is 93.0 Å². The fraction of sp³-hybridized carbons (Fsp3) is 1.00. The molecular formula is C29H58N6O12. The van der Waals surface area contributed by atoms with Gasteiger partial charge in [-0.15, -0.1) is 0 Å². The van der Waals surface area contributed by atoms with Crippen LogP contribution in [0.4, 0.5) is 0 Å². The zero-order valence-corrected chi connectivity index (χ0v) is 26.8. The second kappa shape index (κ2) is 18.5. The van der Waals surface area contributed by atoms with Gasteiger partial charge in [0.25, 0.3) is 0 Å². The van der Waals surface area contributed by atoms with Crippen LogP contribution in [0.15, 0.2) is 0 Å². The molecule has 3 saturated heterocycles. The lowest BCUT2D eigenvalue weighted by atomic mass is 9.77. The highest BCUT2D eigenvalue weighted by Gasteiger charge is 2.53. The fourth-order valence-corrected chi connectivity index (χ4v) is 6.82. The van der Waals surface area contributed by atoms with Gasteiger partial charge in [0, 0.05) is 25.7 Å². The summed E-state index contributed by atoms with van der Waals surface area (Å²) < 4.78 is 36.3. The van der Waals surface area contributed by atoms with Gasteiger partial charge in [0.15, 0.2) is 18.9 Å². The molecule has 18 heteroatoms. The van der Waals surface area contributed by atoms with Gasteiger partial charge in [0.05, 0.1) is 30.9 Å². The number of aliphatic hydroxyl groups is 6. The molecule has 0 aromatic heterocycles. The van der Waals surface area contributed by atoms with Crippen LogP contribution in [0.25, 0.3) is 0 Å². The molecule has 0 radical (unpaired) electrons. The van der Waals surface area contributed by atoms with Gasteiger partial charge in [-0.1, -0.05) is 0 Å². The number of ether oxygens (including phenoxy) is 6. The van der Waals surface area contributed by atoms with Gasteiger partial charge in [0.1, 0.15) is 48.8 Å². The van der Waals surface area contributed by atoms with Crippen LogP contribution in [0.5, 0.6) is 0 Å². The van der Waals surface area contributed by atoms with Crippen molar-refractivity contribution in [1.29, 1.82) is 0 Å². The smallest absolute Gasteiger partial charge is 0.187 e. The van der Waals surface area contributed by atoms with Gasteiger partial charge in [-0.25, -0.2) is 0 Å². The molecule has 4 fully saturated rings. The second-order valence-electron chi connectivity index (χ2n) is 13.1. The van der Waals surface area contributed by atoms with E-state index in [1.54, 1.807) is 0 Å². The van der Waals surface area contributed by atoms with E-state index in [1.807, 2.05) is 0 Å². The average Bonchev–Trinajstić information content (AvgIpc) is 3.36. The summed E-state index contributed by atoms with van der Waals surface area (Å²) in [7, 11) is 0. The molecule has 3 aliphatic heterocycles. The Labute approximate surface area is 275 Å². The molecule has 17 atom stereocenters. The second-order valence-corrected chi connectivity index (χ2v) is 13.1. The van der Waals surface area contributed by atoms with E-state index in [0.717, 1.165) is 19.4 Å². The first-order valence-corrected chi connectivity index (χ1v) is 16.8. The molecule has 0 aromatic carbocycles. The predicted molar refractivity (Wildman–Crippen MR) is 165 cm³/mol. The number of nitrogens with one attached hydrogen (secondary N) is 1. The Kier molecular flexibility index (Phi) is 15.4. The minimum Gasteiger partial charge on any atom is -0.396 e. The van der Waals surface area contributed by atoms with Gasteiger partial charge in [0.2, 0.25) is 0 Å². The number of aliphatic hydroxyl groups excluding tert-OH is 6. The Balaban J connectivity index is 1.48. The maximum atomic E-state index is 11.5. The maximum absolute atomic E-state index is 11.5. The molecule has 0 unspecified atom stereocenters. The largest absolute Gasteiger partial charge is 0.396 e. The molecule has 1 aliphatic carbocycles. The van der Waals surface area contributed by atoms with Crippen molar-refractivity contribution in [2.24, 2.45) is 34.6 Å². The quantitative estimate of drug-likeness (QED) is 0.0674. The monoisotopic (exact) mass is 682 g/mol. The van der Waals surface area contributed by atoms with E-state index in [1.165, 1.54) is 0 Å². The van der Waals surface area contributed by atoms with Crippen molar-refractivity contribution >= 4 is 0 Å². The third-order valence-corrected chi connectivity index (χ3v) is 9.63. The van der Waals surface area contributed by atoms with Crippen LogP contribution >= 0.6 is 0 Å². The van der Waals surface area contributed by atoms with E-state index < -0.39 is 98.5 Å². The summed E-state index contributed by atoms with van der Waals surface area (Å²) in [6, 6.07) is -2.31. The van der Waals surface area contributed by atoms with E-state index in [9.17, 15) is 30.6 Å². The highest BCUT2D eigenvalue weighted by molar-refractivity contribution is 5.00. The Hall–Kier alpha value is -0.720. The number of rotatable bonds is 16. The molecule has 4 aliphatic rings. The Bertz CT molecular complexity index is 918. The molecule has 17 N–H and O–H groups in total. The van der Waals surface area contributed by atoms with Crippen molar-refractivity contribution < 1.29 is 59.1 Å². The van der Waals surface area contributed by atoms with Crippen molar-refractivity contribution in [3.05, 3.63) is 0 Å². The molecule has 0 spiro atoms. The van der Waals surface area contributed by atoms with Crippen molar-refractivity contribution in [2.75, 3.05) is 39.4 Å². The van der Waals surface area contributed by atoms with Crippen LogP contribution in [0, 0.1) is 5.92 Å². The summed E-state index contributed by atoms with van der Waals surface area (Å²) in [6.45, 7) is 1.11. The summed E-state index contributed by atoms with van der Waals surface area (Å²) in [5.41, 5.74) is 30.3. The number of hydrogen-bond acceptors (Lipinski definition) is 18. The third kappa shape index (κ3) is 9.54. The van der Waals surface area contributed by atoms with Gasteiger partial charge in [-0.3, -0.25) is 0 Å². The standard InChI is InChI=1S/C29H58N6O12/c30-6-2-7-35-11-14-4-5-15(32)27(42-14)45-24-16(33)9-13(3-1-8-36)20(38)26(24)47-29-23(41)25(18(12-37)44-29)46-28-19(34)22(40)21(39)17(10-31)43-28/h13-29,35-41H,1-12,30-34H2/t13-,14+,15-,16+,17+,18-,19-,20+,21-,22-,23-,24-,25-,26-,27-,28-,29+/m1/s1. The molecule has 47 heavy (non-hydrogen) atoms. The molecule has 0 bridgehead atoms. The van der Waals surface area contributed by atoms with E-state index in [-0.39, 0.29) is 25.2 Å². The Morgan fingerprint density at radius 3 is 2.09 bits per heavy atom. The van der Waals surface area contributed by atoms with Crippen LogP contribution in [-0.4, -0.2) is 168 Å². The Morgan fingerprint density at radius 1 is 0.702 bits per heavy atom. The maximum Gasteiger partial charge on any atom is 0.187 e. The SMILES string of the molecule is NCCCNC[C@@H]1CC[C@@H](N)[C@@H](O[C@H]2[C@H](O[C@@H]3O[C@H](CO)[C@@H](O[C@H]4O[C@@H](CN)[C@@H](O)[C@H](O)[C@H]4N)[C@H]3O)[C@@H](O)[C@H](CCCO)C[C@@H]2N)O1. The van der Waals surface area contributed by atoms with Crippen LogP contribution < -0.4 is 34.0 Å². The highest BCUT2D eigenvalue weighted by Crippen LogP contribution is 2.37. The van der Waals surface area contributed by atoms with Crippen LogP contribution in [0.2, 0.25) is 0 Å². The summed E-state index contributed by atoms with van der Waals surface area (Å²) in [4.78, 5) is 0. The van der Waals surface area contributed by atoms with E-state index in [4.69, 9.17) is 57.1 Å². The molecule has 3 heterocycles. The topological polar surface area (TPSA) is 319 Å². The number of nitrogens with two attached hydrogens (primary N) is 5. The van der Waals surface area contributed by atoms with Crippen LogP contribution in [0.3, 0.4) is 0 Å². The van der Waals surface area contributed by atoms with E-state index in [2.05, 4.69) is 5.32 Å². The summed E-state index contributed by atoms with van der Waals surface area (Å²) in [5.74, 6) is -0.364. The zero-order valence-electron chi connectivity index (χ0n) is 26.8. The minimum atomic E-state index is -1.53. The van der Waals surface area contributed by atoms with Crippen molar-refractivity contribution in [2.45, 2.75) is 137 Å². The summed E-state index contributed by atoms with van der Waals surface area (Å²) in [6.07, 6.45) is -11.2. The van der Waals surface area contributed by atoms with Crippen LogP contribution in [0.1, 0.15) is 38.5 Å². The molecule has 4 rings (SSSR count). The van der Waals surface area contributed by atoms with E-state index >= 15 is 0 Å².